The Morgan fingerprint density at radius 2 is 2.32 bits per heavy atom. The van der Waals surface area contributed by atoms with Crippen molar-refractivity contribution in [2.75, 3.05) is 27.2 Å². The Kier molecular flexibility index (Phi) is 3.28. The van der Waals surface area contributed by atoms with Gasteiger partial charge in [-0.25, -0.2) is 0 Å². The zero-order chi connectivity index (χ0) is 13.4. The molecule has 0 unspecified atom stereocenters. The molecule has 6 heteroatoms. The summed E-state index contributed by atoms with van der Waals surface area (Å²) in [5.41, 5.74) is 0.367. The number of likely N-dealkylation sites (tertiary alicyclic amines) is 1. The summed E-state index contributed by atoms with van der Waals surface area (Å²) in [5.74, 6) is 1.12. The number of carbonyl (C=O) groups is 1. The average Bonchev–Trinajstić information content (AvgIpc) is 3.00. The van der Waals surface area contributed by atoms with Crippen molar-refractivity contribution in [1.82, 2.24) is 15.4 Å². The van der Waals surface area contributed by atoms with E-state index >= 15 is 0 Å². The van der Waals surface area contributed by atoms with Crippen LogP contribution in [-0.2, 0) is 4.74 Å². The number of likely N-dealkylation sites (N-methyl/N-ethyl adjacent to an activating group) is 1. The molecule has 0 spiro atoms. The van der Waals surface area contributed by atoms with Crippen LogP contribution in [0.3, 0.4) is 0 Å². The van der Waals surface area contributed by atoms with E-state index in [9.17, 15) is 4.79 Å². The molecule has 19 heavy (non-hydrogen) atoms. The molecule has 0 aromatic carbocycles. The maximum atomic E-state index is 12.1. The molecule has 1 saturated heterocycles. The Bertz CT molecular complexity index is 469. The Morgan fingerprint density at radius 3 is 3.00 bits per heavy atom. The zero-order valence-corrected chi connectivity index (χ0v) is 11.3. The zero-order valence-electron chi connectivity index (χ0n) is 11.3. The highest BCUT2D eigenvalue weighted by molar-refractivity contribution is 5.92. The molecule has 3 rings (SSSR count). The van der Waals surface area contributed by atoms with E-state index in [0.717, 1.165) is 31.7 Å². The Hall–Kier alpha value is -1.40. The number of methoxy groups -OCH3 is 1. The largest absolute Gasteiger partial charge is 0.378 e. The first-order valence-electron chi connectivity index (χ1n) is 6.66. The summed E-state index contributed by atoms with van der Waals surface area (Å²) in [5, 5.41) is 6.82. The van der Waals surface area contributed by atoms with Gasteiger partial charge in [0.1, 0.15) is 5.76 Å². The standard InChI is InChI=1S/C13H19N3O3/c1-16-6-10(12(7-16)18-2)14-13(17)9-5-11(19-15-9)8-3-4-8/h5,8,10,12H,3-4,6-7H2,1-2H3,(H,14,17)/t10-,12-/m0/s1. The molecule has 1 N–H and O–H groups in total. The van der Waals surface area contributed by atoms with Gasteiger partial charge in [-0.15, -0.1) is 0 Å². The molecular formula is C13H19N3O3. The molecule has 2 atom stereocenters. The quantitative estimate of drug-likeness (QED) is 0.864. The molecule has 1 aliphatic carbocycles. The minimum atomic E-state index is -0.182. The van der Waals surface area contributed by atoms with Crippen molar-refractivity contribution >= 4 is 5.91 Å². The van der Waals surface area contributed by atoms with E-state index < -0.39 is 0 Å². The maximum Gasteiger partial charge on any atom is 0.273 e. The van der Waals surface area contributed by atoms with Crippen molar-refractivity contribution in [3.05, 3.63) is 17.5 Å². The van der Waals surface area contributed by atoms with Crippen molar-refractivity contribution in [2.45, 2.75) is 30.9 Å². The Morgan fingerprint density at radius 1 is 1.53 bits per heavy atom. The highest BCUT2D eigenvalue weighted by Gasteiger charge is 2.33. The number of rotatable bonds is 4. The summed E-state index contributed by atoms with van der Waals surface area (Å²) in [6, 6.07) is 1.76. The highest BCUT2D eigenvalue weighted by atomic mass is 16.5. The molecule has 0 radical (unpaired) electrons. The van der Waals surface area contributed by atoms with Gasteiger partial charge in [-0.05, 0) is 19.9 Å². The second-order valence-electron chi connectivity index (χ2n) is 5.46. The third-order valence-corrected chi connectivity index (χ3v) is 3.81. The molecular weight excluding hydrogens is 246 g/mol. The van der Waals surface area contributed by atoms with Crippen LogP contribution in [0.5, 0.6) is 0 Å². The van der Waals surface area contributed by atoms with Gasteiger partial charge < -0.3 is 19.5 Å². The normalized spacial score (nSPS) is 27.7. The van der Waals surface area contributed by atoms with Crippen LogP contribution >= 0.6 is 0 Å². The molecule has 104 valence electrons. The van der Waals surface area contributed by atoms with Gasteiger partial charge in [0.15, 0.2) is 5.69 Å². The van der Waals surface area contributed by atoms with Crippen molar-refractivity contribution in [3.63, 3.8) is 0 Å². The highest BCUT2D eigenvalue weighted by Crippen LogP contribution is 2.40. The average molecular weight is 265 g/mol. The van der Waals surface area contributed by atoms with Crippen LogP contribution in [0.2, 0.25) is 0 Å². The molecule has 1 saturated carbocycles. The van der Waals surface area contributed by atoms with E-state index in [1.807, 2.05) is 7.05 Å². The van der Waals surface area contributed by atoms with Crippen LogP contribution in [0, 0.1) is 0 Å². The summed E-state index contributed by atoms with van der Waals surface area (Å²) in [6.07, 6.45) is 2.30. The van der Waals surface area contributed by atoms with Gasteiger partial charge in [0, 0.05) is 32.2 Å². The molecule has 6 nitrogen and oxygen atoms in total. The first-order chi connectivity index (χ1) is 9.17. The summed E-state index contributed by atoms with van der Waals surface area (Å²) in [6.45, 7) is 1.62. The summed E-state index contributed by atoms with van der Waals surface area (Å²) in [4.78, 5) is 14.3. The van der Waals surface area contributed by atoms with E-state index in [1.54, 1.807) is 13.2 Å². The number of hydrogen-bond acceptors (Lipinski definition) is 5. The second kappa shape index (κ2) is 4.94. The first-order valence-corrected chi connectivity index (χ1v) is 6.66. The number of carbonyl (C=O) groups excluding carboxylic acids is 1. The predicted molar refractivity (Wildman–Crippen MR) is 68.0 cm³/mol. The Balaban J connectivity index is 1.63. The van der Waals surface area contributed by atoms with Crippen LogP contribution in [-0.4, -0.2) is 55.4 Å². The van der Waals surface area contributed by atoms with Gasteiger partial charge in [-0.1, -0.05) is 5.16 Å². The number of aromatic nitrogens is 1. The summed E-state index contributed by atoms with van der Waals surface area (Å²) in [7, 11) is 3.68. The van der Waals surface area contributed by atoms with Crippen molar-refractivity contribution in [2.24, 2.45) is 0 Å². The molecule has 1 amide bonds. The lowest BCUT2D eigenvalue weighted by Crippen LogP contribution is -2.43. The van der Waals surface area contributed by atoms with Gasteiger partial charge in [0.05, 0.1) is 12.1 Å². The lowest BCUT2D eigenvalue weighted by molar-refractivity contribution is 0.0760. The van der Waals surface area contributed by atoms with Crippen molar-refractivity contribution < 1.29 is 14.1 Å². The smallest absolute Gasteiger partial charge is 0.273 e. The number of ether oxygens (including phenoxy) is 1. The summed E-state index contributed by atoms with van der Waals surface area (Å²) < 4.78 is 10.6. The minimum absolute atomic E-state index is 0.00331. The molecule has 2 aliphatic rings. The van der Waals surface area contributed by atoms with Crippen molar-refractivity contribution in [1.29, 1.82) is 0 Å². The van der Waals surface area contributed by atoms with Gasteiger partial charge >= 0.3 is 0 Å². The second-order valence-corrected chi connectivity index (χ2v) is 5.46. The van der Waals surface area contributed by atoms with Crippen LogP contribution in [0.25, 0.3) is 0 Å². The van der Waals surface area contributed by atoms with Gasteiger partial charge in [-0.2, -0.15) is 0 Å². The topological polar surface area (TPSA) is 67.6 Å². The first kappa shape index (κ1) is 12.6. The van der Waals surface area contributed by atoms with E-state index in [2.05, 4.69) is 15.4 Å². The summed E-state index contributed by atoms with van der Waals surface area (Å²) >= 11 is 0. The van der Waals surface area contributed by atoms with E-state index in [4.69, 9.17) is 9.26 Å². The molecule has 1 aliphatic heterocycles. The fraction of sp³-hybridized carbons (Fsp3) is 0.692. The van der Waals surface area contributed by atoms with Crippen LogP contribution in [0.1, 0.15) is 35.0 Å². The van der Waals surface area contributed by atoms with Crippen molar-refractivity contribution in [3.8, 4) is 0 Å². The van der Waals surface area contributed by atoms with Crippen LogP contribution in [0.4, 0.5) is 0 Å². The molecule has 2 fully saturated rings. The fourth-order valence-electron chi connectivity index (χ4n) is 2.54. The van der Waals surface area contributed by atoms with Crippen LogP contribution in [0.15, 0.2) is 10.6 Å². The third-order valence-electron chi connectivity index (χ3n) is 3.81. The molecule has 2 heterocycles. The number of hydrogen-bond donors (Lipinski definition) is 1. The minimum Gasteiger partial charge on any atom is -0.378 e. The van der Waals surface area contributed by atoms with Crippen LogP contribution < -0.4 is 5.32 Å². The van der Waals surface area contributed by atoms with Gasteiger partial charge in [-0.3, -0.25) is 4.79 Å². The third kappa shape index (κ3) is 2.64. The van der Waals surface area contributed by atoms with E-state index in [-0.39, 0.29) is 18.1 Å². The molecule has 1 aromatic heterocycles. The lowest BCUT2D eigenvalue weighted by atomic mass is 10.2. The number of amides is 1. The van der Waals surface area contributed by atoms with Gasteiger partial charge in [0.2, 0.25) is 0 Å². The predicted octanol–water partition coefficient (Wildman–Crippen LogP) is 0.611. The van der Waals surface area contributed by atoms with E-state index in [0.29, 0.717) is 11.6 Å². The number of nitrogens with zero attached hydrogens (tertiary/aromatic N) is 2. The fourth-order valence-corrected chi connectivity index (χ4v) is 2.54. The maximum absolute atomic E-state index is 12.1. The van der Waals surface area contributed by atoms with Gasteiger partial charge in [0.25, 0.3) is 5.91 Å². The lowest BCUT2D eigenvalue weighted by Gasteiger charge is -2.17. The number of nitrogens with one attached hydrogen (secondary N) is 1. The molecule has 0 bridgehead atoms. The molecule has 1 aromatic rings. The SMILES string of the molecule is CO[C@H]1CN(C)C[C@@H]1NC(=O)c1cc(C2CC2)on1. The Labute approximate surface area is 112 Å². The van der Waals surface area contributed by atoms with E-state index in [1.165, 1.54) is 0 Å². The monoisotopic (exact) mass is 265 g/mol.